The van der Waals surface area contributed by atoms with E-state index in [0.29, 0.717) is 40.1 Å². The van der Waals surface area contributed by atoms with Crippen molar-refractivity contribution in [2.45, 2.75) is 0 Å². The van der Waals surface area contributed by atoms with Crippen LogP contribution < -0.4 is 10.1 Å². The van der Waals surface area contributed by atoms with Crippen LogP contribution in [0.4, 0.5) is 0 Å². The van der Waals surface area contributed by atoms with E-state index in [1.807, 2.05) is 66.0 Å². The molecule has 0 saturated carbocycles. The van der Waals surface area contributed by atoms with E-state index in [1.165, 1.54) is 0 Å². The molecule has 1 N–H and O–H groups in total. The Morgan fingerprint density at radius 3 is 2.86 bits per heavy atom. The zero-order chi connectivity index (χ0) is 18.8. The van der Waals surface area contributed by atoms with E-state index in [9.17, 15) is 5.21 Å². The fraction of sp³-hybridized carbons (Fsp3) is 0.200. The summed E-state index contributed by atoms with van der Waals surface area (Å²) < 4.78 is 13.7. The first-order valence-corrected chi connectivity index (χ1v) is 8.61. The van der Waals surface area contributed by atoms with Crippen LogP contribution in [0.15, 0.2) is 64.6 Å². The van der Waals surface area contributed by atoms with Crippen molar-refractivity contribution in [3.63, 3.8) is 0 Å². The molecule has 8 heteroatoms. The summed E-state index contributed by atoms with van der Waals surface area (Å²) in [7, 11) is 3.98. The zero-order valence-corrected chi connectivity index (χ0v) is 16.4. The predicted molar refractivity (Wildman–Crippen MR) is 109 cm³/mol. The quantitative estimate of drug-likeness (QED) is 0.410. The second kappa shape index (κ2) is 8.33. The van der Waals surface area contributed by atoms with Crippen molar-refractivity contribution in [2.24, 2.45) is 5.16 Å². The van der Waals surface area contributed by atoms with Gasteiger partial charge in [-0.2, -0.15) is 0 Å². The largest absolute Gasteiger partial charge is 0.492 e. The molecule has 4 rings (SSSR count). The third-order valence-electron chi connectivity index (χ3n) is 4.30. The second-order valence-electron chi connectivity index (χ2n) is 6.52. The summed E-state index contributed by atoms with van der Waals surface area (Å²) in [6.45, 7) is 1.38. The molecule has 0 aliphatic rings. The Morgan fingerprint density at radius 1 is 1.21 bits per heavy atom. The average Bonchev–Trinajstić information content (AvgIpc) is 3.14. The van der Waals surface area contributed by atoms with Crippen LogP contribution in [0, 0.1) is 0 Å². The summed E-state index contributed by atoms with van der Waals surface area (Å²) in [6, 6.07) is 13.0. The van der Waals surface area contributed by atoms with Crippen molar-refractivity contribution in [3.8, 4) is 17.2 Å². The smallest absolute Gasteiger partial charge is 0.155 e. The summed E-state index contributed by atoms with van der Waals surface area (Å²) in [5.74, 6) is 1.23. The molecule has 0 aliphatic heterocycles. The number of hydrogen-bond donors (Lipinski definition) is 1. The zero-order valence-electron chi connectivity index (χ0n) is 15.6. The molecular weight excluding hydrogens is 380 g/mol. The number of fused-ring (bicyclic) bond motifs is 2. The second-order valence-corrected chi connectivity index (χ2v) is 6.52. The van der Waals surface area contributed by atoms with E-state index in [2.05, 4.69) is 10.1 Å². The number of halogens is 1. The van der Waals surface area contributed by atoms with Crippen molar-refractivity contribution >= 4 is 28.9 Å². The Bertz CT molecular complexity index is 1170. The number of nitrogens with zero attached hydrogens (tertiary/aromatic N) is 4. The van der Waals surface area contributed by atoms with Gasteiger partial charge in [0.15, 0.2) is 5.76 Å². The lowest BCUT2D eigenvalue weighted by molar-refractivity contribution is 0.261. The molecule has 3 aromatic heterocycles. The fourth-order valence-electron chi connectivity index (χ4n) is 2.86. The number of ether oxygens (including phenoxy) is 1. The van der Waals surface area contributed by atoms with Gasteiger partial charge in [0.05, 0.1) is 11.7 Å². The molecule has 0 amide bonds. The number of hydrogen-bond acceptors (Lipinski definition) is 6. The van der Waals surface area contributed by atoms with Gasteiger partial charge >= 0.3 is 0 Å². The monoisotopic (exact) mass is 400 g/mol. The maximum absolute atomic E-state index is 9.50. The molecule has 4 aromatic rings. The minimum Gasteiger partial charge on any atom is -0.492 e. The van der Waals surface area contributed by atoms with Crippen molar-refractivity contribution in [1.82, 2.24) is 14.3 Å². The Morgan fingerprint density at radius 2 is 2.07 bits per heavy atom. The molecule has 1 aromatic carbocycles. The first-order valence-electron chi connectivity index (χ1n) is 8.61. The topological polar surface area (TPSA) is 75.5 Å². The Hall–Kier alpha value is -3.03. The normalized spacial score (nSPS) is 11.9. The maximum Gasteiger partial charge on any atom is 0.155 e. The Kier molecular flexibility index (Phi) is 5.87. The van der Waals surface area contributed by atoms with Crippen molar-refractivity contribution in [2.75, 3.05) is 27.2 Å². The van der Waals surface area contributed by atoms with E-state index in [-0.39, 0.29) is 12.4 Å². The van der Waals surface area contributed by atoms with Crippen LogP contribution >= 0.6 is 12.4 Å². The van der Waals surface area contributed by atoms with Gasteiger partial charge in [-0.25, -0.2) is 4.98 Å². The summed E-state index contributed by atoms with van der Waals surface area (Å²) in [4.78, 5) is 6.47. The molecular formula is C20H21ClN4O3. The SMILES string of the molecule is CN(C)CCOc1ccc2oc(-c3cc4cccn4cn3)c/c(=N/O)c2c1.Cl. The van der Waals surface area contributed by atoms with Crippen LogP contribution in [-0.2, 0) is 0 Å². The van der Waals surface area contributed by atoms with Crippen LogP contribution in [0.1, 0.15) is 0 Å². The van der Waals surface area contributed by atoms with Gasteiger partial charge in [0.2, 0.25) is 0 Å². The molecule has 0 bridgehead atoms. The highest BCUT2D eigenvalue weighted by molar-refractivity contribution is 5.85. The third kappa shape index (κ3) is 3.95. The minimum atomic E-state index is 0. The number of aromatic nitrogens is 2. The standard InChI is InChI=1S/C20H20N4O3.ClH/c1-23(2)8-9-26-15-5-6-19-16(11-15)17(22-25)12-20(27-19)18-10-14-4-3-7-24(14)13-21-18;/h3-7,10-13,25H,8-9H2,1-2H3;1H/b22-17-;. The molecule has 0 spiro atoms. The number of rotatable bonds is 5. The van der Waals surface area contributed by atoms with Crippen LogP contribution in [0.25, 0.3) is 27.9 Å². The van der Waals surface area contributed by atoms with Crippen LogP contribution in [0.5, 0.6) is 5.75 Å². The van der Waals surface area contributed by atoms with E-state index >= 15 is 0 Å². The average molecular weight is 401 g/mol. The molecule has 0 radical (unpaired) electrons. The molecule has 0 saturated heterocycles. The molecule has 0 aliphatic carbocycles. The highest BCUT2D eigenvalue weighted by Gasteiger charge is 2.10. The molecule has 146 valence electrons. The Labute approximate surface area is 167 Å². The highest BCUT2D eigenvalue weighted by atomic mass is 35.5. The van der Waals surface area contributed by atoms with E-state index < -0.39 is 0 Å². The summed E-state index contributed by atoms with van der Waals surface area (Å²) >= 11 is 0. The third-order valence-corrected chi connectivity index (χ3v) is 4.30. The van der Waals surface area contributed by atoms with Gasteiger partial charge in [0, 0.05) is 24.3 Å². The van der Waals surface area contributed by atoms with Gasteiger partial charge < -0.3 is 23.7 Å². The first kappa shape index (κ1) is 19.7. The summed E-state index contributed by atoms with van der Waals surface area (Å²) in [5, 5.41) is 14.0. The molecule has 0 fully saturated rings. The van der Waals surface area contributed by atoms with Crippen LogP contribution in [0.3, 0.4) is 0 Å². The fourth-order valence-corrected chi connectivity index (χ4v) is 2.86. The predicted octanol–water partition coefficient (Wildman–Crippen LogP) is 3.40. The Balaban J connectivity index is 0.00000225. The molecule has 0 atom stereocenters. The van der Waals surface area contributed by atoms with Crippen molar-refractivity contribution < 1.29 is 14.4 Å². The molecule has 0 unspecified atom stereocenters. The lowest BCUT2D eigenvalue weighted by atomic mass is 10.2. The highest BCUT2D eigenvalue weighted by Crippen LogP contribution is 2.24. The molecule has 7 nitrogen and oxygen atoms in total. The van der Waals surface area contributed by atoms with E-state index in [0.717, 1.165) is 12.1 Å². The van der Waals surface area contributed by atoms with Crippen molar-refractivity contribution in [3.05, 3.63) is 60.3 Å². The number of benzene rings is 1. The molecule has 28 heavy (non-hydrogen) atoms. The van der Waals surface area contributed by atoms with Gasteiger partial charge in [0.25, 0.3) is 0 Å². The minimum absolute atomic E-state index is 0. The first-order chi connectivity index (χ1) is 13.1. The van der Waals surface area contributed by atoms with Crippen molar-refractivity contribution in [1.29, 1.82) is 0 Å². The van der Waals surface area contributed by atoms with Gasteiger partial charge in [-0.15, -0.1) is 12.4 Å². The van der Waals surface area contributed by atoms with E-state index in [1.54, 1.807) is 12.4 Å². The lowest BCUT2D eigenvalue weighted by Gasteiger charge is -2.11. The maximum atomic E-state index is 9.50. The lowest BCUT2D eigenvalue weighted by Crippen LogP contribution is -2.19. The van der Waals surface area contributed by atoms with E-state index in [4.69, 9.17) is 9.15 Å². The van der Waals surface area contributed by atoms with Gasteiger partial charge in [-0.1, -0.05) is 5.16 Å². The van der Waals surface area contributed by atoms with Gasteiger partial charge in [-0.05, 0) is 50.5 Å². The molecule has 3 heterocycles. The van der Waals surface area contributed by atoms with Crippen LogP contribution in [-0.4, -0.2) is 46.7 Å². The summed E-state index contributed by atoms with van der Waals surface area (Å²) in [5.41, 5.74) is 2.26. The summed E-state index contributed by atoms with van der Waals surface area (Å²) in [6.07, 6.45) is 3.65. The van der Waals surface area contributed by atoms with Crippen LogP contribution in [0.2, 0.25) is 0 Å². The van der Waals surface area contributed by atoms with Gasteiger partial charge in [-0.3, -0.25) is 0 Å². The number of likely N-dealkylation sites (N-methyl/N-ethyl adjacent to an activating group) is 1. The van der Waals surface area contributed by atoms with Gasteiger partial charge in [0.1, 0.15) is 29.0 Å².